The van der Waals surface area contributed by atoms with Crippen molar-refractivity contribution in [1.82, 2.24) is 0 Å². The van der Waals surface area contributed by atoms with Gasteiger partial charge < -0.3 is 23.7 Å². The van der Waals surface area contributed by atoms with Crippen molar-refractivity contribution < 1.29 is 28.5 Å². The predicted octanol–water partition coefficient (Wildman–Crippen LogP) is 9.12. The van der Waals surface area contributed by atoms with E-state index >= 15 is 0 Å². The van der Waals surface area contributed by atoms with Crippen LogP contribution in [0.15, 0.2) is 42.5 Å². The number of carbonyl (C=O) groups is 1. The first-order chi connectivity index (χ1) is 20.1. The van der Waals surface area contributed by atoms with Gasteiger partial charge in [0, 0.05) is 19.5 Å². The van der Waals surface area contributed by atoms with Crippen LogP contribution in [0.3, 0.4) is 0 Å². The Labute approximate surface area is 257 Å². The first kappa shape index (κ1) is 31.4. The van der Waals surface area contributed by atoms with E-state index in [0.29, 0.717) is 18.1 Å². The maximum Gasteiger partial charge on any atom is 0.310 e. The molecule has 0 aliphatic heterocycles. The van der Waals surface area contributed by atoms with Gasteiger partial charge >= 0.3 is 5.97 Å². The van der Waals surface area contributed by atoms with Crippen LogP contribution in [0.25, 0.3) is 30.6 Å². The third-order valence-corrected chi connectivity index (χ3v) is 9.50. The molecule has 0 unspecified atom stereocenters. The molecule has 4 aromatic rings. The van der Waals surface area contributed by atoms with Crippen LogP contribution in [0, 0.1) is 13.8 Å². The molecule has 0 aliphatic rings. The van der Waals surface area contributed by atoms with E-state index in [-0.39, 0.29) is 24.6 Å². The number of carbonyl (C=O) groups excluding carboxylic acids is 1. The van der Waals surface area contributed by atoms with Gasteiger partial charge in [-0.2, -0.15) is 0 Å². The minimum Gasteiger partial charge on any atom is -0.496 e. The molecule has 2 heterocycles. The highest BCUT2D eigenvalue weighted by Crippen LogP contribution is 2.52. The third kappa shape index (κ3) is 6.60. The minimum absolute atomic E-state index is 0.0186. The van der Waals surface area contributed by atoms with E-state index in [9.17, 15) is 4.79 Å². The van der Waals surface area contributed by atoms with Gasteiger partial charge in [0.2, 0.25) is 0 Å². The fraction of sp³-hybridized carbons (Fsp3) is 0.382. The van der Waals surface area contributed by atoms with Crippen LogP contribution in [0.5, 0.6) is 23.0 Å². The molecule has 0 fully saturated rings. The molecular formula is C34H40O6S2. The van der Waals surface area contributed by atoms with Crippen molar-refractivity contribution in [2.24, 2.45) is 0 Å². The van der Waals surface area contributed by atoms with Gasteiger partial charge in [0.05, 0.1) is 50.6 Å². The molecule has 8 heteroatoms. The molecule has 0 N–H and O–H groups in total. The Morgan fingerprint density at radius 2 is 1.24 bits per heavy atom. The fourth-order valence-corrected chi connectivity index (χ4v) is 7.60. The van der Waals surface area contributed by atoms with E-state index in [1.807, 2.05) is 71.0 Å². The summed E-state index contributed by atoms with van der Waals surface area (Å²) < 4.78 is 29.4. The van der Waals surface area contributed by atoms with Gasteiger partial charge in [-0.15, -0.1) is 22.7 Å². The Morgan fingerprint density at radius 1 is 0.738 bits per heavy atom. The summed E-state index contributed by atoms with van der Waals surface area (Å²) in [4.78, 5) is 17.0. The SMILES string of the molecule is CCOC(=O)Cc1cc(-c2sc(-c3c(OC)cccc3OC(C)C)c(C)c2C)sc1-c1c(OC)cccc1OC(C)C. The van der Waals surface area contributed by atoms with Gasteiger partial charge in [-0.1, -0.05) is 12.1 Å². The molecule has 0 radical (unpaired) electrons. The van der Waals surface area contributed by atoms with Crippen LogP contribution in [-0.2, 0) is 16.0 Å². The van der Waals surface area contributed by atoms with Crippen LogP contribution < -0.4 is 18.9 Å². The van der Waals surface area contributed by atoms with Gasteiger partial charge in [-0.3, -0.25) is 4.79 Å². The number of thiophene rings is 2. The first-order valence-electron chi connectivity index (χ1n) is 14.2. The van der Waals surface area contributed by atoms with Gasteiger partial charge in [0.1, 0.15) is 23.0 Å². The summed E-state index contributed by atoms with van der Waals surface area (Å²) in [7, 11) is 3.34. The average Bonchev–Trinajstić information content (AvgIpc) is 3.47. The van der Waals surface area contributed by atoms with Crippen LogP contribution in [0.2, 0.25) is 0 Å². The minimum atomic E-state index is -0.270. The standard InChI is InChI=1S/C34H40O6S2/c1-10-38-29(35)18-23-17-28(41-34(23)31-25(37-9)14-12-16-27(31)40-20(4)5)32-21(6)22(7)33(42-32)30-24(36-8)13-11-15-26(30)39-19(2)3/h11-17,19-20H,10,18H2,1-9H3. The largest absolute Gasteiger partial charge is 0.496 e. The Bertz CT molecular complexity index is 1550. The Balaban J connectivity index is 1.94. The summed E-state index contributed by atoms with van der Waals surface area (Å²) in [6.45, 7) is 14.5. The second-order valence-corrected chi connectivity index (χ2v) is 12.5. The van der Waals surface area contributed by atoms with Gasteiger partial charge in [0.25, 0.3) is 0 Å². The quantitative estimate of drug-likeness (QED) is 0.150. The van der Waals surface area contributed by atoms with E-state index in [1.54, 1.807) is 36.9 Å². The lowest BCUT2D eigenvalue weighted by atomic mass is 10.0. The molecule has 0 aliphatic carbocycles. The number of esters is 1. The number of methoxy groups -OCH3 is 2. The zero-order valence-corrected chi connectivity index (χ0v) is 27.5. The zero-order chi connectivity index (χ0) is 30.6. The molecule has 0 spiro atoms. The highest BCUT2D eigenvalue weighted by molar-refractivity contribution is 7.25. The molecule has 0 atom stereocenters. The third-order valence-electron chi connectivity index (χ3n) is 6.72. The second kappa shape index (κ2) is 13.7. The lowest BCUT2D eigenvalue weighted by Crippen LogP contribution is -2.09. The van der Waals surface area contributed by atoms with E-state index < -0.39 is 0 Å². The van der Waals surface area contributed by atoms with Crippen molar-refractivity contribution >= 4 is 28.6 Å². The van der Waals surface area contributed by atoms with Gasteiger partial charge in [0.15, 0.2) is 0 Å². The fourth-order valence-electron chi connectivity index (χ4n) is 4.83. The number of hydrogen-bond donors (Lipinski definition) is 0. The van der Waals surface area contributed by atoms with E-state index in [2.05, 4.69) is 19.9 Å². The maximum atomic E-state index is 12.8. The molecule has 4 rings (SSSR count). The molecule has 0 saturated heterocycles. The highest BCUT2D eigenvalue weighted by Gasteiger charge is 2.26. The monoisotopic (exact) mass is 608 g/mol. The van der Waals surface area contributed by atoms with Crippen molar-refractivity contribution in [3.8, 4) is 53.6 Å². The summed E-state index contributed by atoms with van der Waals surface area (Å²) in [5.41, 5.74) is 5.00. The molecule has 224 valence electrons. The summed E-state index contributed by atoms with van der Waals surface area (Å²) in [6, 6.07) is 13.8. The topological polar surface area (TPSA) is 63.2 Å². The lowest BCUT2D eigenvalue weighted by molar-refractivity contribution is -0.142. The molecular weight excluding hydrogens is 569 g/mol. The molecule has 2 aromatic heterocycles. The summed E-state index contributed by atoms with van der Waals surface area (Å²) in [5, 5.41) is 0. The van der Waals surface area contributed by atoms with Crippen LogP contribution in [-0.4, -0.2) is 39.0 Å². The number of benzene rings is 2. The molecule has 6 nitrogen and oxygen atoms in total. The average molecular weight is 609 g/mol. The Kier molecular flexibility index (Phi) is 10.2. The molecule has 0 bridgehead atoms. The second-order valence-electron chi connectivity index (χ2n) is 10.5. The molecule has 0 saturated carbocycles. The van der Waals surface area contributed by atoms with Crippen molar-refractivity contribution in [3.05, 3.63) is 59.2 Å². The maximum absolute atomic E-state index is 12.8. The van der Waals surface area contributed by atoms with Crippen LogP contribution in [0.1, 0.15) is 51.3 Å². The van der Waals surface area contributed by atoms with Crippen molar-refractivity contribution in [2.75, 3.05) is 20.8 Å². The van der Waals surface area contributed by atoms with E-state index in [0.717, 1.165) is 53.3 Å². The van der Waals surface area contributed by atoms with Gasteiger partial charge in [-0.05, 0) is 95.5 Å². The number of hydrogen-bond acceptors (Lipinski definition) is 8. The van der Waals surface area contributed by atoms with Gasteiger partial charge in [-0.25, -0.2) is 0 Å². The normalized spacial score (nSPS) is 11.2. The summed E-state index contributed by atoms with van der Waals surface area (Å²) in [5.74, 6) is 2.69. The predicted molar refractivity (Wildman–Crippen MR) is 173 cm³/mol. The lowest BCUT2D eigenvalue weighted by Gasteiger charge is -2.17. The summed E-state index contributed by atoms with van der Waals surface area (Å²) in [6.07, 6.45) is 0.135. The number of rotatable bonds is 12. The van der Waals surface area contributed by atoms with Crippen molar-refractivity contribution in [3.63, 3.8) is 0 Å². The van der Waals surface area contributed by atoms with E-state index in [1.165, 1.54) is 5.56 Å². The van der Waals surface area contributed by atoms with Crippen LogP contribution >= 0.6 is 22.7 Å². The van der Waals surface area contributed by atoms with E-state index in [4.69, 9.17) is 23.7 Å². The van der Waals surface area contributed by atoms with Crippen molar-refractivity contribution in [1.29, 1.82) is 0 Å². The number of ether oxygens (including phenoxy) is 5. The molecule has 0 amide bonds. The molecule has 2 aromatic carbocycles. The van der Waals surface area contributed by atoms with Crippen molar-refractivity contribution in [2.45, 2.75) is 67.1 Å². The Hall–Kier alpha value is -3.49. The first-order valence-corrected chi connectivity index (χ1v) is 15.8. The smallest absolute Gasteiger partial charge is 0.310 e. The van der Waals surface area contributed by atoms with Crippen LogP contribution in [0.4, 0.5) is 0 Å². The zero-order valence-electron chi connectivity index (χ0n) is 25.9. The summed E-state index contributed by atoms with van der Waals surface area (Å²) >= 11 is 3.34. The highest BCUT2D eigenvalue weighted by atomic mass is 32.1. The Morgan fingerprint density at radius 3 is 1.74 bits per heavy atom. The molecule has 42 heavy (non-hydrogen) atoms.